The highest BCUT2D eigenvalue weighted by molar-refractivity contribution is 7.47. The van der Waals surface area contributed by atoms with Gasteiger partial charge in [-0.1, -0.05) is 227 Å². The minimum absolute atomic E-state index is 0.0642. The van der Waals surface area contributed by atoms with E-state index in [-0.39, 0.29) is 32.1 Å². The molecule has 0 heterocycles. The number of aliphatic hydroxyl groups is 1. The minimum Gasteiger partial charge on any atom is -0.387 e. The predicted octanol–water partition coefficient (Wildman–Crippen LogP) is 15.1. The number of unbranched alkanes of at least 4 members (excludes halogenated alkanes) is 20. The summed E-state index contributed by atoms with van der Waals surface area (Å²) in [6.07, 6.45) is 67.6. The molecule has 9 heteroatoms. The first-order valence-electron chi connectivity index (χ1n) is 25.4. The van der Waals surface area contributed by atoms with Gasteiger partial charge in [-0.2, -0.15) is 0 Å². The summed E-state index contributed by atoms with van der Waals surface area (Å²) in [4.78, 5) is 22.8. The van der Waals surface area contributed by atoms with Gasteiger partial charge in [-0.05, 0) is 70.6 Å². The van der Waals surface area contributed by atoms with Crippen LogP contribution >= 0.6 is 7.82 Å². The molecule has 5 N–H and O–H groups in total. The molecule has 0 aliphatic rings. The minimum atomic E-state index is -4.37. The first kappa shape index (κ1) is 60.4. The van der Waals surface area contributed by atoms with Crippen molar-refractivity contribution >= 4 is 13.7 Å². The lowest BCUT2D eigenvalue weighted by Gasteiger charge is -2.23. The molecule has 3 atom stereocenters. The number of nitrogens with one attached hydrogen (secondary N) is 1. The maximum absolute atomic E-state index is 12.8. The van der Waals surface area contributed by atoms with Gasteiger partial charge in [0.2, 0.25) is 5.91 Å². The fourth-order valence-corrected chi connectivity index (χ4v) is 7.65. The van der Waals surface area contributed by atoms with E-state index in [9.17, 15) is 19.4 Å². The van der Waals surface area contributed by atoms with Gasteiger partial charge in [-0.15, -0.1) is 0 Å². The topological polar surface area (TPSA) is 131 Å². The summed E-state index contributed by atoms with van der Waals surface area (Å²) in [5.41, 5.74) is 5.39. The maximum atomic E-state index is 12.8. The van der Waals surface area contributed by atoms with E-state index in [0.717, 1.165) is 70.6 Å². The molecule has 0 aliphatic heterocycles. The van der Waals surface area contributed by atoms with Crippen LogP contribution in [0, 0.1) is 0 Å². The van der Waals surface area contributed by atoms with Crippen LogP contribution in [0.15, 0.2) is 97.2 Å². The monoisotopic (exact) mass is 899 g/mol. The molecule has 0 spiro atoms. The van der Waals surface area contributed by atoms with E-state index in [1.807, 2.05) is 6.08 Å². The summed E-state index contributed by atoms with van der Waals surface area (Å²) in [6, 6.07) is -0.899. The highest BCUT2D eigenvalue weighted by atomic mass is 31.2. The number of rotatable bonds is 46. The van der Waals surface area contributed by atoms with Gasteiger partial charge in [0.05, 0.1) is 25.4 Å². The fourth-order valence-electron chi connectivity index (χ4n) is 6.89. The number of nitrogens with two attached hydrogens (primary N) is 1. The molecule has 0 saturated heterocycles. The lowest BCUT2D eigenvalue weighted by molar-refractivity contribution is -0.122. The van der Waals surface area contributed by atoms with Gasteiger partial charge >= 0.3 is 7.82 Å². The number of phosphoric ester groups is 1. The molecule has 0 aromatic heterocycles. The molecule has 3 unspecified atom stereocenters. The number of aliphatic hydroxyl groups excluding tert-OH is 1. The van der Waals surface area contributed by atoms with Crippen LogP contribution < -0.4 is 11.1 Å². The van der Waals surface area contributed by atoms with Gasteiger partial charge < -0.3 is 21.1 Å². The second-order valence-electron chi connectivity index (χ2n) is 16.6. The Morgan fingerprint density at radius 3 is 1.33 bits per heavy atom. The number of hydrogen-bond acceptors (Lipinski definition) is 6. The molecule has 0 rings (SSSR count). The zero-order chi connectivity index (χ0) is 46.0. The first-order valence-corrected chi connectivity index (χ1v) is 26.9. The Balaban J connectivity index is 4.26. The molecular formula is C54H95N2O6P. The van der Waals surface area contributed by atoms with Crippen LogP contribution in [-0.2, 0) is 18.4 Å². The SMILES string of the molecule is CC/C=C\C/C=C\C/C=C\C/C=C\C/C=C\C/C=C\C/C=C\CCCC(=O)NC(COP(=O)(O)OCCN)C(O)/C=C/CCCCCCCCCCCCCCCCCCCCC. The molecule has 0 fully saturated rings. The second kappa shape index (κ2) is 48.9. The third kappa shape index (κ3) is 47.2. The van der Waals surface area contributed by atoms with Gasteiger partial charge in [0, 0.05) is 13.0 Å². The normalized spacial score (nSPS) is 14.7. The Kier molecular flexibility index (Phi) is 46.9. The van der Waals surface area contributed by atoms with Crippen LogP contribution in [0.5, 0.6) is 0 Å². The Bertz CT molecular complexity index is 1300. The number of allylic oxidation sites excluding steroid dienone is 15. The van der Waals surface area contributed by atoms with Crippen molar-refractivity contribution in [3.63, 3.8) is 0 Å². The molecule has 362 valence electrons. The zero-order valence-electron chi connectivity index (χ0n) is 40.3. The van der Waals surface area contributed by atoms with Crippen LogP contribution in [0.1, 0.15) is 206 Å². The molecule has 1 amide bonds. The lowest BCUT2D eigenvalue weighted by Crippen LogP contribution is -2.45. The van der Waals surface area contributed by atoms with Gasteiger partial charge in [0.1, 0.15) is 0 Å². The maximum Gasteiger partial charge on any atom is 0.472 e. The van der Waals surface area contributed by atoms with Crippen molar-refractivity contribution in [2.24, 2.45) is 5.73 Å². The highest BCUT2D eigenvalue weighted by Crippen LogP contribution is 2.43. The van der Waals surface area contributed by atoms with E-state index in [2.05, 4.69) is 104 Å². The molecular weight excluding hydrogens is 804 g/mol. The summed E-state index contributed by atoms with van der Waals surface area (Å²) in [5.74, 6) is -0.254. The van der Waals surface area contributed by atoms with E-state index in [0.29, 0.717) is 6.42 Å². The van der Waals surface area contributed by atoms with E-state index < -0.39 is 20.0 Å². The van der Waals surface area contributed by atoms with Gasteiger partial charge in [0.25, 0.3) is 0 Å². The van der Waals surface area contributed by atoms with Gasteiger partial charge in [-0.25, -0.2) is 4.57 Å². The molecule has 0 saturated carbocycles. The quantitative estimate of drug-likeness (QED) is 0.0272. The largest absolute Gasteiger partial charge is 0.472 e. The average molecular weight is 899 g/mol. The summed E-state index contributed by atoms with van der Waals surface area (Å²) in [5, 5.41) is 13.7. The third-order valence-electron chi connectivity index (χ3n) is 10.7. The van der Waals surface area contributed by atoms with Gasteiger partial charge in [0.15, 0.2) is 0 Å². The van der Waals surface area contributed by atoms with Crippen molar-refractivity contribution in [2.75, 3.05) is 19.8 Å². The molecule has 8 nitrogen and oxygen atoms in total. The number of amides is 1. The van der Waals surface area contributed by atoms with E-state index in [4.69, 9.17) is 14.8 Å². The fraction of sp³-hybridized carbons (Fsp3) is 0.685. The summed E-state index contributed by atoms with van der Waals surface area (Å²) in [6.45, 7) is 3.98. The van der Waals surface area contributed by atoms with E-state index in [1.165, 1.54) is 109 Å². The van der Waals surface area contributed by atoms with E-state index >= 15 is 0 Å². The van der Waals surface area contributed by atoms with Crippen LogP contribution in [0.25, 0.3) is 0 Å². The summed E-state index contributed by atoms with van der Waals surface area (Å²) < 4.78 is 22.2. The Morgan fingerprint density at radius 2 is 0.921 bits per heavy atom. The molecule has 0 radical (unpaired) electrons. The van der Waals surface area contributed by atoms with Crippen LogP contribution in [-0.4, -0.2) is 47.8 Å². The number of carbonyl (C=O) groups is 1. The van der Waals surface area contributed by atoms with Crippen molar-refractivity contribution in [3.8, 4) is 0 Å². The van der Waals surface area contributed by atoms with Crippen molar-refractivity contribution in [3.05, 3.63) is 97.2 Å². The third-order valence-corrected chi connectivity index (χ3v) is 11.6. The van der Waals surface area contributed by atoms with Crippen LogP contribution in [0.2, 0.25) is 0 Å². The van der Waals surface area contributed by atoms with Crippen molar-refractivity contribution < 1.29 is 28.4 Å². The molecule has 0 bridgehead atoms. The van der Waals surface area contributed by atoms with Crippen LogP contribution in [0.4, 0.5) is 0 Å². The highest BCUT2D eigenvalue weighted by Gasteiger charge is 2.26. The molecule has 63 heavy (non-hydrogen) atoms. The Hall–Kier alpha value is -2.58. The Morgan fingerprint density at radius 1 is 0.540 bits per heavy atom. The number of carbonyl (C=O) groups excluding carboxylic acids is 1. The lowest BCUT2D eigenvalue weighted by atomic mass is 10.0. The summed E-state index contributed by atoms with van der Waals surface area (Å²) >= 11 is 0. The van der Waals surface area contributed by atoms with Crippen molar-refractivity contribution in [2.45, 2.75) is 219 Å². The van der Waals surface area contributed by atoms with Crippen molar-refractivity contribution in [1.29, 1.82) is 0 Å². The summed E-state index contributed by atoms with van der Waals surface area (Å²) in [7, 11) is -4.37. The molecule has 0 aromatic rings. The Labute approximate surface area is 387 Å². The first-order chi connectivity index (χ1) is 30.9. The number of phosphoric acid groups is 1. The van der Waals surface area contributed by atoms with E-state index in [1.54, 1.807) is 6.08 Å². The van der Waals surface area contributed by atoms with Crippen molar-refractivity contribution in [1.82, 2.24) is 5.32 Å². The molecule has 0 aromatic carbocycles. The molecule has 0 aliphatic carbocycles. The number of hydrogen-bond donors (Lipinski definition) is 4. The average Bonchev–Trinajstić information content (AvgIpc) is 3.27. The van der Waals surface area contributed by atoms with Gasteiger partial charge in [-0.3, -0.25) is 13.8 Å². The predicted molar refractivity (Wildman–Crippen MR) is 272 cm³/mol. The standard InChI is InChI=1S/C54H95N2O6P/c1-3-5-7-9-11-13-15-17-19-21-23-25-26-28-30-32-34-36-38-40-42-44-46-48-54(58)56-52(51-62-63(59,60)61-50-49-55)53(57)47-45-43-41-39-37-35-33-31-29-27-24-22-20-18-16-14-12-10-8-6-4-2/h5,7,11,13,17,19,23,25,28,30,34,36,40,42,45,47,52-53,57H,3-4,6,8-10,12,14-16,18,20-22,24,26-27,29,31-33,35,37-39,41,43-44,46,48-51,55H2,1-2H3,(H,56,58)(H,59,60)/b7-5-,13-11-,19-17-,25-23-,30-28-,36-34-,42-40-,47-45+. The second-order valence-corrected chi connectivity index (χ2v) is 18.1. The van der Waals surface area contributed by atoms with Crippen LogP contribution in [0.3, 0.4) is 0 Å². The smallest absolute Gasteiger partial charge is 0.387 e. The zero-order valence-corrected chi connectivity index (χ0v) is 41.2.